The Morgan fingerprint density at radius 2 is 1.81 bits per heavy atom. The number of hydrogen-bond acceptors (Lipinski definition) is 4. The number of nitrogens with one attached hydrogen (secondary N) is 1. The molecule has 3 aliphatic rings. The molecule has 0 bridgehead atoms. The van der Waals surface area contributed by atoms with Gasteiger partial charge in [0.2, 0.25) is 0 Å². The third kappa shape index (κ3) is 2.86. The third-order valence-corrected chi connectivity index (χ3v) is 6.54. The number of carboxylic acids is 2. The van der Waals surface area contributed by atoms with Crippen LogP contribution in [0.15, 0.2) is 24.3 Å². The van der Waals surface area contributed by atoms with E-state index in [1.165, 1.54) is 24.9 Å². The Labute approximate surface area is 153 Å². The zero-order valence-electron chi connectivity index (χ0n) is 14.9. The molecule has 3 N–H and O–H groups in total. The average molecular weight is 358 g/mol. The van der Waals surface area contributed by atoms with Gasteiger partial charge in [0.05, 0.1) is 5.92 Å². The molecule has 4 atom stereocenters. The molecule has 2 aliphatic carbocycles. The molecule has 0 radical (unpaired) electrons. The Kier molecular flexibility index (Phi) is 4.39. The fourth-order valence-electron chi connectivity index (χ4n) is 5.07. The summed E-state index contributed by atoms with van der Waals surface area (Å²) in [5.74, 6) is -2.56. The van der Waals surface area contributed by atoms with Gasteiger partial charge in [-0.25, -0.2) is 0 Å². The lowest BCUT2D eigenvalue weighted by Gasteiger charge is -2.30. The van der Waals surface area contributed by atoms with Crippen molar-refractivity contribution in [2.45, 2.75) is 44.2 Å². The van der Waals surface area contributed by atoms with Crippen LogP contribution in [0.2, 0.25) is 0 Å². The van der Waals surface area contributed by atoms with Crippen LogP contribution in [-0.2, 0) is 16.1 Å². The molecular weight excluding hydrogens is 332 g/mol. The van der Waals surface area contributed by atoms with Gasteiger partial charge in [-0.2, -0.15) is 0 Å². The number of benzene rings is 1. The molecule has 1 aromatic carbocycles. The number of carboxylic acid groups (broad SMARTS) is 2. The maximum Gasteiger partial charge on any atom is 0.324 e. The molecular formula is C20H26N2O4. The number of hydrogen-bond donors (Lipinski definition) is 3. The molecule has 1 saturated heterocycles. The number of nitrogens with zero attached hydrogens (tertiary/aromatic N) is 1. The van der Waals surface area contributed by atoms with E-state index in [1.807, 2.05) is 12.1 Å². The lowest BCUT2D eigenvalue weighted by molar-refractivity contribution is -0.147. The fraction of sp³-hybridized carbons (Fsp3) is 0.600. The Bertz CT molecular complexity index is 698. The van der Waals surface area contributed by atoms with Crippen LogP contribution in [0.1, 0.15) is 37.7 Å². The maximum atomic E-state index is 11.9. The van der Waals surface area contributed by atoms with Crippen LogP contribution in [0.4, 0.5) is 5.69 Å². The number of rotatable bonds is 6. The Morgan fingerprint density at radius 1 is 1.12 bits per heavy atom. The first-order valence-corrected chi connectivity index (χ1v) is 9.58. The van der Waals surface area contributed by atoms with E-state index in [4.69, 9.17) is 0 Å². The summed E-state index contributed by atoms with van der Waals surface area (Å²) in [5.41, 5.74) is 1.15. The van der Waals surface area contributed by atoms with Crippen LogP contribution in [0.5, 0.6) is 0 Å². The van der Waals surface area contributed by atoms with Crippen LogP contribution >= 0.6 is 0 Å². The van der Waals surface area contributed by atoms with Gasteiger partial charge in [-0.15, -0.1) is 0 Å². The van der Waals surface area contributed by atoms with E-state index in [9.17, 15) is 19.8 Å². The van der Waals surface area contributed by atoms with Crippen molar-refractivity contribution >= 4 is 17.6 Å². The molecule has 4 unspecified atom stereocenters. The summed E-state index contributed by atoms with van der Waals surface area (Å²) in [4.78, 5) is 25.7. The van der Waals surface area contributed by atoms with Gasteiger partial charge in [-0.05, 0) is 55.7 Å². The summed E-state index contributed by atoms with van der Waals surface area (Å²) < 4.78 is 0. The van der Waals surface area contributed by atoms with E-state index in [-0.39, 0.29) is 11.8 Å². The van der Waals surface area contributed by atoms with Gasteiger partial charge >= 0.3 is 11.9 Å². The molecule has 3 fully saturated rings. The molecule has 6 nitrogen and oxygen atoms in total. The molecule has 0 spiro atoms. The van der Waals surface area contributed by atoms with Gasteiger partial charge in [0.25, 0.3) is 0 Å². The standard InChI is InChI=1S/C20H26N2O4/c23-18(24)16-15-8-9-20(17(15)16,19(25)26)21-12-13-4-6-14(7-5-13)22-10-2-1-3-11-22/h4-7,15-17,21H,1-3,8-12H2,(H,23,24)(H,25,26). The highest BCUT2D eigenvalue weighted by molar-refractivity contribution is 5.85. The largest absolute Gasteiger partial charge is 0.481 e. The van der Waals surface area contributed by atoms with Crippen LogP contribution in [0.25, 0.3) is 0 Å². The second-order valence-electron chi connectivity index (χ2n) is 7.94. The quantitative estimate of drug-likeness (QED) is 0.723. The summed E-state index contributed by atoms with van der Waals surface area (Å²) in [5, 5.41) is 22.3. The minimum atomic E-state index is -1.10. The zero-order chi connectivity index (χ0) is 18.3. The maximum absolute atomic E-state index is 11.9. The smallest absolute Gasteiger partial charge is 0.324 e. The minimum Gasteiger partial charge on any atom is -0.481 e. The van der Waals surface area contributed by atoms with E-state index >= 15 is 0 Å². The zero-order valence-corrected chi connectivity index (χ0v) is 14.9. The van der Waals surface area contributed by atoms with Crippen LogP contribution in [0.3, 0.4) is 0 Å². The second-order valence-corrected chi connectivity index (χ2v) is 7.94. The van der Waals surface area contributed by atoms with Crippen molar-refractivity contribution in [2.75, 3.05) is 18.0 Å². The van der Waals surface area contributed by atoms with Gasteiger partial charge in [0.1, 0.15) is 5.54 Å². The monoisotopic (exact) mass is 358 g/mol. The van der Waals surface area contributed by atoms with Crippen LogP contribution in [0, 0.1) is 17.8 Å². The van der Waals surface area contributed by atoms with Crippen molar-refractivity contribution < 1.29 is 19.8 Å². The molecule has 4 rings (SSSR count). The van der Waals surface area contributed by atoms with Gasteiger partial charge in [0.15, 0.2) is 0 Å². The second kappa shape index (κ2) is 6.58. The molecule has 26 heavy (non-hydrogen) atoms. The van der Waals surface area contributed by atoms with E-state index in [0.717, 1.165) is 18.7 Å². The Hall–Kier alpha value is -2.08. The number of piperidine rings is 1. The highest BCUT2D eigenvalue weighted by atomic mass is 16.4. The third-order valence-electron chi connectivity index (χ3n) is 6.54. The number of carbonyl (C=O) groups is 2. The SMILES string of the molecule is O=C(O)C1C2CCC(NCc3ccc(N4CCCCC4)cc3)(C(=O)O)C21. The van der Waals surface area contributed by atoms with Crippen molar-refractivity contribution in [2.24, 2.45) is 17.8 Å². The molecule has 1 aliphatic heterocycles. The summed E-state index contributed by atoms with van der Waals surface area (Å²) in [6, 6.07) is 8.29. The van der Waals surface area contributed by atoms with Crippen molar-refractivity contribution in [1.29, 1.82) is 0 Å². The molecule has 2 saturated carbocycles. The van der Waals surface area contributed by atoms with Crippen molar-refractivity contribution in [3.8, 4) is 0 Å². The number of anilines is 1. The first kappa shape index (κ1) is 17.3. The number of fused-ring (bicyclic) bond motifs is 1. The molecule has 6 heteroatoms. The molecule has 1 aromatic rings. The van der Waals surface area contributed by atoms with Crippen LogP contribution in [-0.4, -0.2) is 40.8 Å². The first-order valence-electron chi connectivity index (χ1n) is 9.58. The predicted octanol–water partition coefficient (Wildman–Crippen LogP) is 2.33. The first-order chi connectivity index (χ1) is 12.5. The van der Waals surface area contributed by atoms with Crippen LogP contribution < -0.4 is 10.2 Å². The Morgan fingerprint density at radius 3 is 2.38 bits per heavy atom. The van der Waals surface area contributed by atoms with E-state index < -0.39 is 23.4 Å². The van der Waals surface area contributed by atoms with Crippen molar-refractivity contribution in [3.63, 3.8) is 0 Å². The molecule has 0 aromatic heterocycles. The van der Waals surface area contributed by atoms with E-state index in [2.05, 4.69) is 22.3 Å². The molecule has 140 valence electrons. The topological polar surface area (TPSA) is 89.9 Å². The van der Waals surface area contributed by atoms with E-state index in [1.54, 1.807) is 0 Å². The minimum absolute atomic E-state index is 0.0116. The number of aliphatic carboxylic acids is 2. The summed E-state index contributed by atoms with van der Waals surface area (Å²) in [6.07, 6.45) is 4.95. The molecule has 0 amide bonds. The predicted molar refractivity (Wildman–Crippen MR) is 97.1 cm³/mol. The van der Waals surface area contributed by atoms with Gasteiger partial charge < -0.3 is 15.1 Å². The molecule has 1 heterocycles. The van der Waals surface area contributed by atoms with Crippen molar-refractivity contribution in [3.05, 3.63) is 29.8 Å². The fourth-order valence-corrected chi connectivity index (χ4v) is 5.07. The summed E-state index contributed by atoms with van der Waals surface area (Å²) in [6.45, 7) is 2.64. The van der Waals surface area contributed by atoms with Crippen molar-refractivity contribution in [1.82, 2.24) is 5.32 Å². The normalized spacial score (nSPS) is 32.9. The highest BCUT2D eigenvalue weighted by Gasteiger charge is 2.71. The van der Waals surface area contributed by atoms with Gasteiger partial charge in [-0.1, -0.05) is 12.1 Å². The van der Waals surface area contributed by atoms with Gasteiger partial charge in [0, 0.05) is 31.2 Å². The van der Waals surface area contributed by atoms with Gasteiger partial charge in [-0.3, -0.25) is 14.9 Å². The average Bonchev–Trinajstić information content (AvgIpc) is 3.27. The summed E-state index contributed by atoms with van der Waals surface area (Å²) in [7, 11) is 0. The lowest BCUT2D eigenvalue weighted by atomic mass is 9.90. The highest BCUT2D eigenvalue weighted by Crippen LogP contribution is 2.62. The Balaban J connectivity index is 1.42. The lowest BCUT2D eigenvalue weighted by Crippen LogP contribution is -2.53. The van der Waals surface area contributed by atoms with E-state index in [0.29, 0.717) is 19.4 Å². The summed E-state index contributed by atoms with van der Waals surface area (Å²) >= 11 is 0.